The summed E-state index contributed by atoms with van der Waals surface area (Å²) in [4.78, 5) is 2.59. The van der Waals surface area contributed by atoms with Crippen molar-refractivity contribution in [2.75, 3.05) is 7.05 Å². The molecule has 2 saturated heterocycles. The maximum Gasteiger partial charge on any atom is 0.142 e. The molecule has 3 heterocycles. The Morgan fingerprint density at radius 1 is 0.967 bits per heavy atom. The average molecular weight is 423 g/mol. The third-order valence-electron chi connectivity index (χ3n) is 7.19. The lowest BCUT2D eigenvalue weighted by Crippen LogP contribution is -2.44. The van der Waals surface area contributed by atoms with Gasteiger partial charge in [0.05, 0.1) is 5.69 Å². The molecular weight excluding hydrogens is 392 g/mol. The van der Waals surface area contributed by atoms with Crippen molar-refractivity contribution in [2.24, 2.45) is 0 Å². The number of hydrogen-bond donors (Lipinski definition) is 0. The first-order valence-corrected chi connectivity index (χ1v) is 10.9. The van der Waals surface area contributed by atoms with Gasteiger partial charge in [0.2, 0.25) is 0 Å². The van der Waals surface area contributed by atoms with E-state index >= 15 is 0 Å². The Labute approximate surface area is 185 Å². The van der Waals surface area contributed by atoms with Gasteiger partial charge in [-0.3, -0.25) is 4.90 Å². The molecular formula is C26H31ClN2O. The van der Waals surface area contributed by atoms with E-state index in [1.165, 1.54) is 41.5 Å². The fourth-order valence-electron chi connectivity index (χ4n) is 5.49. The standard InChI is InChI=1S/C26H30N2O.ClH/c1-17-4-8-19(9-5-17)14-21-15-25(29-27-21)26-23(20-10-6-18(2)7-11-20)16-22-12-13-24(26)28(22)3;/h4-11,15,22-24,26H,12-14,16H2,1-3H3;1H/t22?,23-,24?,26+;/m1./s1. The van der Waals surface area contributed by atoms with Crippen LogP contribution in [0.3, 0.4) is 0 Å². The molecule has 3 nitrogen and oxygen atoms in total. The Morgan fingerprint density at radius 3 is 2.33 bits per heavy atom. The monoisotopic (exact) mass is 422 g/mol. The van der Waals surface area contributed by atoms with Gasteiger partial charge in [-0.15, -0.1) is 12.4 Å². The van der Waals surface area contributed by atoms with Crippen LogP contribution in [0.25, 0.3) is 0 Å². The largest absolute Gasteiger partial charge is 0.361 e. The summed E-state index contributed by atoms with van der Waals surface area (Å²) in [5.74, 6) is 1.94. The van der Waals surface area contributed by atoms with E-state index in [1.54, 1.807) is 0 Å². The van der Waals surface area contributed by atoms with Gasteiger partial charge in [0.1, 0.15) is 5.76 Å². The summed E-state index contributed by atoms with van der Waals surface area (Å²) < 4.78 is 6.00. The van der Waals surface area contributed by atoms with Crippen molar-refractivity contribution >= 4 is 12.4 Å². The molecule has 158 valence electrons. The molecule has 0 saturated carbocycles. The van der Waals surface area contributed by atoms with E-state index < -0.39 is 0 Å². The number of likely N-dealkylation sites (N-methyl/N-ethyl adjacent to an activating group) is 1. The van der Waals surface area contributed by atoms with Crippen LogP contribution >= 0.6 is 12.4 Å². The zero-order chi connectivity index (χ0) is 20.0. The number of aromatic nitrogens is 1. The van der Waals surface area contributed by atoms with E-state index in [9.17, 15) is 0 Å². The third-order valence-corrected chi connectivity index (χ3v) is 7.19. The van der Waals surface area contributed by atoms with Crippen molar-refractivity contribution in [3.63, 3.8) is 0 Å². The predicted molar refractivity (Wildman–Crippen MR) is 124 cm³/mol. The number of nitrogens with zero attached hydrogens (tertiary/aromatic N) is 2. The quantitative estimate of drug-likeness (QED) is 0.513. The highest BCUT2D eigenvalue weighted by Crippen LogP contribution is 2.51. The third kappa shape index (κ3) is 3.93. The number of benzene rings is 2. The second kappa shape index (κ2) is 8.56. The van der Waals surface area contributed by atoms with Crippen molar-refractivity contribution in [3.8, 4) is 0 Å². The molecule has 0 spiro atoms. The van der Waals surface area contributed by atoms with Crippen molar-refractivity contribution < 1.29 is 4.52 Å². The minimum absolute atomic E-state index is 0. The summed E-state index contributed by atoms with van der Waals surface area (Å²) >= 11 is 0. The molecule has 30 heavy (non-hydrogen) atoms. The zero-order valence-electron chi connectivity index (χ0n) is 18.0. The number of fused-ring (bicyclic) bond motifs is 2. The summed E-state index contributed by atoms with van der Waals surface area (Å²) in [7, 11) is 2.30. The van der Waals surface area contributed by atoms with Gasteiger partial charge in [-0.1, -0.05) is 64.8 Å². The van der Waals surface area contributed by atoms with Gasteiger partial charge in [-0.05, 0) is 57.2 Å². The Balaban J connectivity index is 0.00000218. The molecule has 2 bridgehead atoms. The topological polar surface area (TPSA) is 29.3 Å². The first-order chi connectivity index (χ1) is 14.1. The van der Waals surface area contributed by atoms with Gasteiger partial charge in [0, 0.05) is 30.5 Å². The highest BCUT2D eigenvalue weighted by molar-refractivity contribution is 5.85. The van der Waals surface area contributed by atoms with Crippen LogP contribution in [0.15, 0.2) is 59.1 Å². The van der Waals surface area contributed by atoms with Crippen molar-refractivity contribution in [1.29, 1.82) is 0 Å². The van der Waals surface area contributed by atoms with Gasteiger partial charge in [0.15, 0.2) is 0 Å². The molecule has 2 unspecified atom stereocenters. The number of piperidine rings is 1. The SMILES string of the molecule is Cc1ccc(Cc2cc([C@@H]3C4CCC(C[C@@H]3c3ccc(C)cc3)N4C)on2)cc1.Cl. The lowest BCUT2D eigenvalue weighted by atomic mass is 9.74. The summed E-state index contributed by atoms with van der Waals surface area (Å²) in [6, 6.07) is 21.3. The highest BCUT2D eigenvalue weighted by Gasteiger charge is 2.48. The van der Waals surface area contributed by atoms with Crippen molar-refractivity contribution in [3.05, 3.63) is 88.3 Å². The molecule has 2 aliphatic rings. The molecule has 4 heteroatoms. The second-order valence-corrected chi connectivity index (χ2v) is 9.13. The van der Waals surface area contributed by atoms with Crippen LogP contribution in [0.1, 0.15) is 64.8 Å². The first-order valence-electron chi connectivity index (χ1n) is 10.9. The van der Waals surface area contributed by atoms with Crippen LogP contribution in [0.5, 0.6) is 0 Å². The van der Waals surface area contributed by atoms with Crippen LogP contribution < -0.4 is 0 Å². The van der Waals surface area contributed by atoms with Crippen LogP contribution in [-0.4, -0.2) is 29.2 Å². The molecule has 0 N–H and O–H groups in total. The molecule has 0 amide bonds. The molecule has 1 aromatic heterocycles. The molecule has 0 aliphatic carbocycles. The van der Waals surface area contributed by atoms with E-state index in [0.717, 1.165) is 17.9 Å². The van der Waals surface area contributed by atoms with Gasteiger partial charge in [-0.25, -0.2) is 0 Å². The summed E-state index contributed by atoms with van der Waals surface area (Å²) in [6.07, 6.45) is 4.58. The lowest BCUT2D eigenvalue weighted by molar-refractivity contribution is 0.122. The summed E-state index contributed by atoms with van der Waals surface area (Å²) in [5, 5.41) is 4.47. The van der Waals surface area contributed by atoms with Crippen LogP contribution in [0, 0.1) is 13.8 Å². The average Bonchev–Trinajstić information content (AvgIpc) is 3.26. The minimum atomic E-state index is 0. The fourth-order valence-corrected chi connectivity index (χ4v) is 5.49. The maximum atomic E-state index is 6.00. The second-order valence-electron chi connectivity index (χ2n) is 9.13. The van der Waals surface area contributed by atoms with Crippen LogP contribution in [-0.2, 0) is 6.42 Å². The van der Waals surface area contributed by atoms with E-state index in [0.29, 0.717) is 23.9 Å². The molecule has 2 aromatic carbocycles. The van der Waals surface area contributed by atoms with Gasteiger partial charge in [0.25, 0.3) is 0 Å². The first kappa shape index (κ1) is 21.1. The number of rotatable bonds is 4. The molecule has 3 aromatic rings. The van der Waals surface area contributed by atoms with E-state index in [4.69, 9.17) is 4.52 Å². The number of hydrogen-bond acceptors (Lipinski definition) is 3. The molecule has 2 fully saturated rings. The van der Waals surface area contributed by atoms with Crippen LogP contribution in [0.4, 0.5) is 0 Å². The zero-order valence-corrected chi connectivity index (χ0v) is 18.9. The number of halogens is 1. The van der Waals surface area contributed by atoms with Gasteiger partial charge >= 0.3 is 0 Å². The Hall–Kier alpha value is -2.10. The minimum Gasteiger partial charge on any atom is -0.361 e. The molecule has 5 rings (SSSR count). The summed E-state index contributed by atoms with van der Waals surface area (Å²) in [6.45, 7) is 4.28. The molecule has 4 atom stereocenters. The Bertz CT molecular complexity index is 979. The smallest absolute Gasteiger partial charge is 0.142 e. The van der Waals surface area contributed by atoms with E-state index in [-0.39, 0.29) is 12.4 Å². The van der Waals surface area contributed by atoms with Gasteiger partial charge in [-0.2, -0.15) is 0 Å². The lowest BCUT2D eigenvalue weighted by Gasteiger charge is -2.42. The molecule has 2 aliphatic heterocycles. The highest BCUT2D eigenvalue weighted by atomic mass is 35.5. The number of aryl methyl sites for hydroxylation is 2. The van der Waals surface area contributed by atoms with Crippen molar-refractivity contribution in [2.45, 2.75) is 63.5 Å². The van der Waals surface area contributed by atoms with Crippen LogP contribution in [0.2, 0.25) is 0 Å². The summed E-state index contributed by atoms with van der Waals surface area (Å²) in [5.41, 5.74) is 6.38. The Morgan fingerprint density at radius 2 is 1.63 bits per heavy atom. The fraction of sp³-hybridized carbons (Fsp3) is 0.423. The Kier molecular flexibility index (Phi) is 6.04. The molecule has 0 radical (unpaired) electrons. The maximum absolute atomic E-state index is 6.00. The van der Waals surface area contributed by atoms with E-state index in [1.807, 2.05) is 0 Å². The van der Waals surface area contributed by atoms with Gasteiger partial charge < -0.3 is 4.52 Å². The van der Waals surface area contributed by atoms with E-state index in [2.05, 4.69) is 85.5 Å². The predicted octanol–water partition coefficient (Wildman–Crippen LogP) is 6.04. The normalized spacial score (nSPS) is 25.8. The van der Waals surface area contributed by atoms with Crippen molar-refractivity contribution in [1.82, 2.24) is 10.1 Å².